The monoisotopic (exact) mass is 274 g/mol. The van der Waals surface area contributed by atoms with Gasteiger partial charge in [-0.25, -0.2) is 0 Å². The molecule has 0 spiro atoms. The van der Waals surface area contributed by atoms with Gasteiger partial charge in [0.15, 0.2) is 0 Å². The zero-order valence-electron chi connectivity index (χ0n) is 13.7. The summed E-state index contributed by atoms with van der Waals surface area (Å²) in [5, 5.41) is 11.0. The van der Waals surface area contributed by atoms with Crippen molar-refractivity contribution < 1.29 is 0 Å². The van der Waals surface area contributed by atoms with Gasteiger partial charge >= 0.3 is 0 Å². The maximum atomic E-state index is 3.67. The summed E-state index contributed by atoms with van der Waals surface area (Å²) in [4.78, 5) is 3.58. The first kappa shape index (κ1) is 18.1. The molecule has 0 saturated heterocycles. The zero-order valence-corrected chi connectivity index (χ0v) is 15.7. The normalized spacial score (nSPS) is 14.2. The molecule has 0 radical (unpaired) electrons. The van der Waals surface area contributed by atoms with Crippen molar-refractivity contribution in [3.8, 4) is 0 Å². The van der Waals surface area contributed by atoms with Gasteiger partial charge < -0.3 is 10.3 Å². The molecule has 0 fully saturated rings. The van der Waals surface area contributed by atoms with Crippen molar-refractivity contribution in [3.05, 3.63) is 0 Å². The first-order chi connectivity index (χ1) is 8.06. The van der Waals surface area contributed by atoms with Gasteiger partial charge in [-0.3, -0.25) is 10.6 Å². The number of hydrogen-bond acceptors (Lipinski definition) is 4. The molecule has 0 saturated carbocycles. The van der Waals surface area contributed by atoms with Crippen molar-refractivity contribution in [2.45, 2.75) is 84.8 Å². The molecule has 0 heterocycles. The minimum Gasteiger partial charge on any atom is -0.315 e. The van der Waals surface area contributed by atoms with Crippen molar-refractivity contribution in [3.63, 3.8) is 0 Å². The lowest BCUT2D eigenvalue weighted by molar-refractivity contribution is 0.0779. The highest BCUT2D eigenvalue weighted by atomic mass is 28.2. The molecule has 0 atom stereocenters. The molecule has 110 valence electrons. The Hall–Kier alpha value is 0.0569. The molecule has 4 N–H and O–H groups in total. The summed E-state index contributed by atoms with van der Waals surface area (Å²) in [5.41, 5.74) is -0.0997. The van der Waals surface area contributed by atoms with Crippen LogP contribution in [0.2, 0.25) is 0 Å². The topological polar surface area (TPSA) is 48.1 Å². The second-order valence-corrected chi connectivity index (χ2v) is 7.02. The van der Waals surface area contributed by atoms with E-state index in [0.717, 1.165) is 10.4 Å². The van der Waals surface area contributed by atoms with E-state index < -0.39 is 0 Å². The summed E-state index contributed by atoms with van der Waals surface area (Å²) in [6.45, 7) is 17.6. The molecule has 0 aromatic carbocycles. The highest BCUT2D eigenvalue weighted by Gasteiger charge is 2.44. The van der Waals surface area contributed by atoms with Crippen LogP contribution in [-0.2, 0) is 0 Å². The van der Waals surface area contributed by atoms with Crippen LogP contribution in [0.1, 0.15) is 55.4 Å². The molecule has 0 aromatic rings. The molecular formula is C13H34N4Si. The van der Waals surface area contributed by atoms with Gasteiger partial charge in [0.2, 0.25) is 0 Å². The standard InChI is InChI=1S/C13H34N4Si/c1-9(2)14-12(7,8)13(17-18,15-10(3)4)16-11(5)6/h9-11,14-17H,1-8,18H3. The Bertz CT molecular complexity index is 229. The minimum absolute atomic E-state index is 0.0997. The van der Waals surface area contributed by atoms with Gasteiger partial charge in [-0.05, 0) is 41.5 Å². The van der Waals surface area contributed by atoms with E-state index in [4.69, 9.17) is 0 Å². The van der Waals surface area contributed by atoms with Crippen molar-refractivity contribution in [1.29, 1.82) is 0 Å². The van der Waals surface area contributed by atoms with E-state index in [9.17, 15) is 0 Å². The van der Waals surface area contributed by atoms with Crippen LogP contribution in [-0.4, -0.2) is 39.9 Å². The fraction of sp³-hybridized carbons (Fsp3) is 1.00. The predicted octanol–water partition coefficient (Wildman–Crippen LogP) is 0.283. The van der Waals surface area contributed by atoms with Crippen molar-refractivity contribution in [2.75, 3.05) is 0 Å². The molecule has 18 heavy (non-hydrogen) atoms. The van der Waals surface area contributed by atoms with E-state index in [-0.39, 0.29) is 11.3 Å². The third-order valence-corrected chi connectivity index (χ3v) is 3.72. The quantitative estimate of drug-likeness (QED) is 0.379. The summed E-state index contributed by atoms with van der Waals surface area (Å²) >= 11 is 0. The molecular weight excluding hydrogens is 240 g/mol. The molecule has 0 rings (SSSR count). The first-order valence-electron chi connectivity index (χ1n) is 7.08. The van der Waals surface area contributed by atoms with E-state index in [1.165, 1.54) is 0 Å². The molecule has 0 bridgehead atoms. The second-order valence-electron chi connectivity index (χ2n) is 6.52. The summed E-state index contributed by atoms with van der Waals surface area (Å²) in [6, 6.07) is 1.26. The van der Waals surface area contributed by atoms with Crippen molar-refractivity contribution in [2.24, 2.45) is 0 Å². The third-order valence-electron chi connectivity index (χ3n) is 2.97. The van der Waals surface area contributed by atoms with E-state index in [0.29, 0.717) is 18.1 Å². The number of hydrogen-bond donors (Lipinski definition) is 4. The molecule has 0 amide bonds. The van der Waals surface area contributed by atoms with E-state index in [1.54, 1.807) is 0 Å². The van der Waals surface area contributed by atoms with E-state index in [2.05, 4.69) is 76.3 Å². The summed E-state index contributed by atoms with van der Waals surface area (Å²) in [5.74, 6) is -0.286. The zero-order chi connectivity index (χ0) is 14.6. The highest BCUT2D eigenvalue weighted by molar-refractivity contribution is 6.05. The third kappa shape index (κ3) is 4.97. The van der Waals surface area contributed by atoms with Crippen molar-refractivity contribution in [1.82, 2.24) is 20.9 Å². The van der Waals surface area contributed by atoms with Gasteiger partial charge in [0, 0.05) is 18.1 Å². The van der Waals surface area contributed by atoms with Gasteiger partial charge in [0.25, 0.3) is 0 Å². The first-order valence-corrected chi connectivity index (χ1v) is 8.08. The minimum atomic E-state index is -0.286. The predicted molar refractivity (Wildman–Crippen MR) is 84.7 cm³/mol. The molecule has 0 aromatic heterocycles. The van der Waals surface area contributed by atoms with Crippen LogP contribution in [0.4, 0.5) is 0 Å². The maximum Gasteiger partial charge on any atom is 0.135 e. The van der Waals surface area contributed by atoms with Gasteiger partial charge in [-0.2, -0.15) is 0 Å². The Kier molecular flexibility index (Phi) is 7.03. The van der Waals surface area contributed by atoms with Gasteiger partial charge in [-0.1, -0.05) is 13.8 Å². The van der Waals surface area contributed by atoms with Gasteiger partial charge in [-0.15, -0.1) is 0 Å². The van der Waals surface area contributed by atoms with Crippen LogP contribution in [0, 0.1) is 0 Å². The van der Waals surface area contributed by atoms with Gasteiger partial charge in [0.05, 0.1) is 15.9 Å². The SMILES string of the molecule is CC(C)NC(C)(C)C(N[SiH3])(NC(C)C)NC(C)C. The van der Waals surface area contributed by atoms with E-state index >= 15 is 0 Å². The summed E-state index contributed by atoms with van der Waals surface area (Å²) < 4.78 is 0. The van der Waals surface area contributed by atoms with Crippen LogP contribution >= 0.6 is 0 Å². The fourth-order valence-corrected chi connectivity index (χ4v) is 3.47. The molecule has 0 aliphatic carbocycles. The highest BCUT2D eigenvalue weighted by Crippen LogP contribution is 2.19. The fourth-order valence-electron chi connectivity index (χ4n) is 2.56. The average Bonchev–Trinajstić information content (AvgIpc) is 2.12. The number of nitrogens with one attached hydrogen (secondary N) is 4. The van der Waals surface area contributed by atoms with Crippen LogP contribution in [0.5, 0.6) is 0 Å². The van der Waals surface area contributed by atoms with Crippen molar-refractivity contribution >= 4 is 10.4 Å². The Balaban J connectivity index is 5.25. The van der Waals surface area contributed by atoms with Crippen LogP contribution in [0.25, 0.3) is 0 Å². The molecule has 5 heteroatoms. The lowest BCUT2D eigenvalue weighted by atomic mass is 9.92. The second kappa shape index (κ2) is 7.00. The van der Waals surface area contributed by atoms with Crippen LogP contribution in [0.15, 0.2) is 0 Å². The number of rotatable bonds is 8. The van der Waals surface area contributed by atoms with Gasteiger partial charge in [0.1, 0.15) is 5.79 Å². The Morgan fingerprint density at radius 3 is 1.28 bits per heavy atom. The Labute approximate surface area is 117 Å². The lowest BCUT2D eigenvalue weighted by Gasteiger charge is -2.51. The molecule has 0 aliphatic rings. The van der Waals surface area contributed by atoms with Crippen LogP contribution in [0.3, 0.4) is 0 Å². The summed E-state index contributed by atoms with van der Waals surface area (Å²) in [6.07, 6.45) is 0. The summed E-state index contributed by atoms with van der Waals surface area (Å²) in [7, 11) is 0.923. The molecule has 0 unspecified atom stereocenters. The lowest BCUT2D eigenvalue weighted by Crippen LogP contribution is -2.82. The largest absolute Gasteiger partial charge is 0.315 e. The maximum absolute atomic E-state index is 3.67. The molecule has 0 aliphatic heterocycles. The molecule has 4 nitrogen and oxygen atoms in total. The smallest absolute Gasteiger partial charge is 0.135 e. The Morgan fingerprint density at radius 1 is 0.722 bits per heavy atom. The van der Waals surface area contributed by atoms with Crippen LogP contribution < -0.4 is 20.9 Å². The average molecular weight is 275 g/mol. The van der Waals surface area contributed by atoms with E-state index in [1.807, 2.05) is 0 Å². The Morgan fingerprint density at radius 2 is 1.06 bits per heavy atom.